The highest BCUT2D eigenvalue weighted by atomic mass is 19.1. The van der Waals surface area contributed by atoms with Crippen LogP contribution >= 0.6 is 0 Å². The maximum atomic E-state index is 13.1. The minimum absolute atomic E-state index is 0.138. The Morgan fingerprint density at radius 3 is 2.62 bits per heavy atom. The van der Waals surface area contributed by atoms with Crippen LogP contribution in [0.15, 0.2) is 67.3 Å². The maximum Gasteiger partial charge on any atom is 0.161 e. The first-order chi connectivity index (χ1) is 16.5. The Labute approximate surface area is 195 Å². The molecule has 3 heterocycles. The number of pyridine rings is 1. The van der Waals surface area contributed by atoms with Gasteiger partial charge < -0.3 is 19.6 Å². The van der Waals surface area contributed by atoms with E-state index in [0.717, 1.165) is 39.5 Å². The number of nitrogens with one attached hydrogen (secondary N) is 1. The Kier molecular flexibility index (Phi) is 5.69. The second-order valence-electron chi connectivity index (χ2n) is 8.00. The average molecular weight is 458 g/mol. The number of aryl methyl sites for hydroxylation is 2. The molecule has 0 fully saturated rings. The van der Waals surface area contributed by atoms with Crippen LogP contribution in [-0.4, -0.2) is 29.3 Å². The predicted molar refractivity (Wildman–Crippen MR) is 126 cm³/mol. The van der Waals surface area contributed by atoms with Crippen LogP contribution in [0, 0.1) is 19.7 Å². The molecule has 9 heteroatoms. The number of nitrogens with zero attached hydrogens (tertiary/aromatic N) is 5. The van der Waals surface area contributed by atoms with Gasteiger partial charge in [-0.3, -0.25) is 0 Å². The second-order valence-corrected chi connectivity index (χ2v) is 8.00. The number of halogens is 1. The summed E-state index contributed by atoms with van der Waals surface area (Å²) in [6.07, 6.45) is 5.53. The molecule has 0 spiro atoms. The topological polar surface area (TPSA) is 89.5 Å². The van der Waals surface area contributed by atoms with Gasteiger partial charge in [-0.25, -0.2) is 19.0 Å². The molecule has 0 bridgehead atoms. The SMILES string of the molecule is Cc1cc(Nc2ccc(-n3cnc(C)n3)c(CO)c2)c2nc(COc3ccc(F)cc3)cn2c1. The quantitative estimate of drug-likeness (QED) is 0.374. The normalized spacial score (nSPS) is 11.2. The van der Waals surface area contributed by atoms with Gasteiger partial charge in [-0.2, -0.15) is 5.10 Å². The van der Waals surface area contributed by atoms with Gasteiger partial charge in [-0.05, 0) is 67.9 Å². The van der Waals surface area contributed by atoms with Crippen molar-refractivity contribution < 1.29 is 14.2 Å². The first-order valence-electron chi connectivity index (χ1n) is 10.7. The summed E-state index contributed by atoms with van der Waals surface area (Å²) in [7, 11) is 0. The molecule has 172 valence electrons. The molecule has 8 nitrogen and oxygen atoms in total. The summed E-state index contributed by atoms with van der Waals surface area (Å²) in [6, 6.07) is 13.6. The molecule has 3 aromatic heterocycles. The number of aromatic nitrogens is 5. The second kappa shape index (κ2) is 8.95. The summed E-state index contributed by atoms with van der Waals surface area (Å²) in [5.41, 5.74) is 5.65. The first kappa shape index (κ1) is 21.6. The van der Waals surface area contributed by atoms with E-state index < -0.39 is 0 Å². The number of hydrogen-bond acceptors (Lipinski definition) is 6. The Balaban J connectivity index is 1.41. The van der Waals surface area contributed by atoms with Gasteiger partial charge in [0.05, 0.1) is 23.7 Å². The van der Waals surface area contributed by atoms with Crippen LogP contribution in [0.3, 0.4) is 0 Å². The molecule has 0 aliphatic rings. The van der Waals surface area contributed by atoms with Gasteiger partial charge in [0.1, 0.15) is 30.3 Å². The van der Waals surface area contributed by atoms with Crippen molar-refractivity contribution in [1.29, 1.82) is 0 Å². The monoisotopic (exact) mass is 458 g/mol. The van der Waals surface area contributed by atoms with E-state index in [4.69, 9.17) is 9.72 Å². The minimum Gasteiger partial charge on any atom is -0.487 e. The number of ether oxygens (including phenoxy) is 1. The smallest absolute Gasteiger partial charge is 0.161 e. The minimum atomic E-state index is -0.305. The van der Waals surface area contributed by atoms with Gasteiger partial charge in [0.25, 0.3) is 0 Å². The fourth-order valence-corrected chi connectivity index (χ4v) is 3.77. The molecule has 2 aromatic carbocycles. The van der Waals surface area contributed by atoms with Crippen molar-refractivity contribution in [2.24, 2.45) is 0 Å². The molecule has 0 radical (unpaired) electrons. The van der Waals surface area contributed by atoms with Crippen molar-refractivity contribution >= 4 is 17.0 Å². The van der Waals surface area contributed by atoms with Crippen LogP contribution in [0.1, 0.15) is 22.6 Å². The van der Waals surface area contributed by atoms with E-state index in [9.17, 15) is 9.50 Å². The van der Waals surface area contributed by atoms with E-state index in [1.54, 1.807) is 23.1 Å². The third-order valence-electron chi connectivity index (χ3n) is 5.32. The number of hydrogen-bond donors (Lipinski definition) is 2. The molecule has 0 unspecified atom stereocenters. The van der Waals surface area contributed by atoms with E-state index in [1.807, 2.05) is 54.9 Å². The zero-order valence-electron chi connectivity index (χ0n) is 18.7. The van der Waals surface area contributed by atoms with Crippen molar-refractivity contribution in [1.82, 2.24) is 24.1 Å². The molecule has 0 saturated heterocycles. The lowest BCUT2D eigenvalue weighted by molar-refractivity contribution is 0.281. The summed E-state index contributed by atoms with van der Waals surface area (Å²) < 4.78 is 22.5. The van der Waals surface area contributed by atoms with Crippen LogP contribution in [0.2, 0.25) is 0 Å². The Bertz CT molecular complexity index is 1460. The van der Waals surface area contributed by atoms with Crippen molar-refractivity contribution in [2.75, 3.05) is 5.32 Å². The average Bonchev–Trinajstić information content (AvgIpc) is 3.44. The van der Waals surface area contributed by atoms with E-state index in [0.29, 0.717) is 11.6 Å². The molecular weight excluding hydrogens is 435 g/mol. The fraction of sp³-hybridized carbons (Fsp3) is 0.160. The van der Waals surface area contributed by atoms with Gasteiger partial charge in [0.2, 0.25) is 0 Å². The number of fused-ring (bicyclic) bond motifs is 1. The van der Waals surface area contributed by atoms with Crippen LogP contribution in [0.25, 0.3) is 11.3 Å². The lowest BCUT2D eigenvalue weighted by Gasteiger charge is -2.13. The van der Waals surface area contributed by atoms with E-state index >= 15 is 0 Å². The molecule has 34 heavy (non-hydrogen) atoms. The van der Waals surface area contributed by atoms with Gasteiger partial charge in [-0.15, -0.1) is 0 Å². The lowest BCUT2D eigenvalue weighted by Crippen LogP contribution is -2.03. The largest absolute Gasteiger partial charge is 0.487 e. The standard InChI is InChI=1S/C25H23FN6O2/c1-16-9-23(28-20-5-8-24(18(10-20)13-33)32-15-27-17(2)30-32)25-29-21(12-31(25)11-16)14-34-22-6-3-19(26)4-7-22/h3-12,15,28,33H,13-14H2,1-2H3. The Morgan fingerprint density at radius 1 is 1.06 bits per heavy atom. The molecule has 0 atom stereocenters. The number of benzene rings is 2. The molecular formula is C25H23FN6O2. The number of anilines is 2. The first-order valence-corrected chi connectivity index (χ1v) is 10.7. The highest BCUT2D eigenvalue weighted by Gasteiger charge is 2.12. The summed E-state index contributed by atoms with van der Waals surface area (Å²) in [6.45, 7) is 3.94. The maximum absolute atomic E-state index is 13.1. The van der Waals surface area contributed by atoms with Crippen LogP contribution < -0.4 is 10.1 Å². The summed E-state index contributed by atoms with van der Waals surface area (Å²) in [5.74, 6) is 0.930. The van der Waals surface area contributed by atoms with Crippen molar-refractivity contribution in [3.63, 3.8) is 0 Å². The van der Waals surface area contributed by atoms with E-state index in [1.165, 1.54) is 12.1 Å². The molecule has 5 rings (SSSR count). The number of aliphatic hydroxyl groups excluding tert-OH is 1. The Hall–Kier alpha value is -4.24. The van der Waals surface area contributed by atoms with E-state index in [-0.39, 0.29) is 19.0 Å². The van der Waals surface area contributed by atoms with Crippen molar-refractivity contribution in [2.45, 2.75) is 27.1 Å². The summed E-state index contributed by atoms with van der Waals surface area (Å²) in [4.78, 5) is 8.88. The van der Waals surface area contributed by atoms with Gasteiger partial charge >= 0.3 is 0 Å². The molecule has 5 aromatic rings. The predicted octanol–water partition coefficient (Wildman–Crippen LogP) is 4.49. The number of aliphatic hydroxyl groups is 1. The number of imidazole rings is 1. The zero-order valence-corrected chi connectivity index (χ0v) is 18.7. The number of rotatable bonds is 7. The van der Waals surface area contributed by atoms with Crippen LogP contribution in [0.4, 0.5) is 15.8 Å². The fourth-order valence-electron chi connectivity index (χ4n) is 3.77. The van der Waals surface area contributed by atoms with Crippen LogP contribution in [-0.2, 0) is 13.2 Å². The molecule has 2 N–H and O–H groups in total. The van der Waals surface area contributed by atoms with E-state index in [2.05, 4.69) is 15.4 Å². The third kappa shape index (κ3) is 4.46. The van der Waals surface area contributed by atoms with Gasteiger partial charge in [0.15, 0.2) is 5.65 Å². The molecule has 0 aliphatic heterocycles. The van der Waals surface area contributed by atoms with Crippen molar-refractivity contribution in [3.05, 3.63) is 95.7 Å². The molecule has 0 amide bonds. The molecule has 0 aliphatic carbocycles. The summed E-state index contributed by atoms with van der Waals surface area (Å²) in [5, 5.41) is 17.7. The van der Waals surface area contributed by atoms with Crippen LogP contribution in [0.5, 0.6) is 5.75 Å². The Morgan fingerprint density at radius 2 is 1.88 bits per heavy atom. The molecule has 0 saturated carbocycles. The highest BCUT2D eigenvalue weighted by molar-refractivity contribution is 5.75. The van der Waals surface area contributed by atoms with Gasteiger partial charge in [0, 0.05) is 23.6 Å². The third-order valence-corrected chi connectivity index (χ3v) is 5.32. The highest BCUT2D eigenvalue weighted by Crippen LogP contribution is 2.26. The summed E-state index contributed by atoms with van der Waals surface area (Å²) >= 11 is 0. The van der Waals surface area contributed by atoms with Crippen molar-refractivity contribution in [3.8, 4) is 11.4 Å². The zero-order chi connectivity index (χ0) is 23.7. The lowest BCUT2D eigenvalue weighted by atomic mass is 10.1. The van der Waals surface area contributed by atoms with Gasteiger partial charge in [-0.1, -0.05) is 0 Å².